The molecule has 4 aliphatic carbocycles. The van der Waals surface area contributed by atoms with Gasteiger partial charge in [0.1, 0.15) is 0 Å². The van der Waals surface area contributed by atoms with Crippen LogP contribution >= 0.6 is 11.3 Å². The van der Waals surface area contributed by atoms with Crippen LogP contribution in [-0.4, -0.2) is 0 Å². The van der Waals surface area contributed by atoms with Crippen LogP contribution in [0.15, 0.2) is 11.4 Å². The van der Waals surface area contributed by atoms with Gasteiger partial charge in [0.05, 0.1) is 0 Å². The van der Waals surface area contributed by atoms with E-state index in [1.54, 1.807) is 0 Å². The molecule has 116 valence electrons. The molecule has 21 heavy (non-hydrogen) atoms. The molecule has 0 amide bonds. The second kappa shape index (κ2) is 4.35. The largest absolute Gasteiger partial charge is 0.324 e. The van der Waals surface area contributed by atoms with Crippen molar-refractivity contribution in [1.82, 2.24) is 0 Å². The van der Waals surface area contributed by atoms with E-state index in [1.165, 1.54) is 55.4 Å². The Labute approximate surface area is 133 Å². The van der Waals surface area contributed by atoms with Gasteiger partial charge in [-0.3, -0.25) is 0 Å². The normalized spacial score (nSPS) is 46.0. The molecule has 3 atom stereocenters. The van der Waals surface area contributed by atoms with Crippen molar-refractivity contribution < 1.29 is 0 Å². The van der Waals surface area contributed by atoms with Crippen molar-refractivity contribution in [2.45, 2.75) is 71.8 Å². The Balaban J connectivity index is 1.61. The van der Waals surface area contributed by atoms with Gasteiger partial charge in [0.2, 0.25) is 0 Å². The van der Waals surface area contributed by atoms with Crippen LogP contribution in [0.3, 0.4) is 0 Å². The van der Waals surface area contributed by atoms with Gasteiger partial charge in [-0.25, -0.2) is 0 Å². The highest BCUT2D eigenvalue weighted by atomic mass is 32.1. The molecule has 4 aliphatic rings. The van der Waals surface area contributed by atoms with Crippen LogP contribution in [0.4, 0.5) is 0 Å². The third-order valence-corrected chi connectivity index (χ3v) is 7.55. The molecule has 0 saturated heterocycles. The van der Waals surface area contributed by atoms with Gasteiger partial charge in [-0.2, -0.15) is 0 Å². The maximum atomic E-state index is 6.65. The summed E-state index contributed by atoms with van der Waals surface area (Å²) in [6.45, 7) is 7.35. The van der Waals surface area contributed by atoms with E-state index in [2.05, 4.69) is 32.2 Å². The van der Waals surface area contributed by atoms with Crippen molar-refractivity contribution in [1.29, 1.82) is 0 Å². The Morgan fingerprint density at radius 2 is 1.86 bits per heavy atom. The Morgan fingerprint density at radius 1 is 1.19 bits per heavy atom. The molecule has 3 unspecified atom stereocenters. The molecule has 0 aliphatic heterocycles. The SMILES string of the molecule is Cc1sccc1C(N)CC12CC3CC(C)(CC(C)(C3)C1)C2. The monoisotopic (exact) mass is 303 g/mol. The topological polar surface area (TPSA) is 26.0 Å². The summed E-state index contributed by atoms with van der Waals surface area (Å²) in [7, 11) is 0. The Bertz CT molecular complexity index is 542. The van der Waals surface area contributed by atoms with Crippen LogP contribution in [0.2, 0.25) is 0 Å². The summed E-state index contributed by atoms with van der Waals surface area (Å²) in [4.78, 5) is 1.42. The molecular formula is C19H29NS. The lowest BCUT2D eigenvalue weighted by molar-refractivity contribution is -0.149. The first-order valence-corrected chi connectivity index (χ1v) is 9.48. The van der Waals surface area contributed by atoms with Gasteiger partial charge in [-0.05, 0) is 91.0 Å². The van der Waals surface area contributed by atoms with E-state index in [4.69, 9.17) is 5.73 Å². The van der Waals surface area contributed by atoms with Gasteiger partial charge >= 0.3 is 0 Å². The van der Waals surface area contributed by atoms with Crippen molar-refractivity contribution in [2.24, 2.45) is 27.9 Å². The van der Waals surface area contributed by atoms with Crippen molar-refractivity contribution >= 4 is 11.3 Å². The minimum absolute atomic E-state index is 0.250. The molecule has 1 aromatic heterocycles. The Morgan fingerprint density at radius 3 is 2.38 bits per heavy atom. The number of nitrogens with two attached hydrogens (primary N) is 1. The first kappa shape index (κ1) is 14.3. The zero-order chi connectivity index (χ0) is 14.9. The molecule has 5 rings (SSSR count). The van der Waals surface area contributed by atoms with Crippen LogP contribution in [-0.2, 0) is 0 Å². The molecule has 4 fully saturated rings. The first-order chi connectivity index (χ1) is 9.81. The zero-order valence-corrected chi connectivity index (χ0v) is 14.6. The summed E-state index contributed by atoms with van der Waals surface area (Å²) in [5, 5.41) is 2.20. The highest BCUT2D eigenvalue weighted by Crippen LogP contribution is 2.71. The van der Waals surface area contributed by atoms with E-state index < -0.39 is 0 Å². The van der Waals surface area contributed by atoms with Gasteiger partial charge in [0.15, 0.2) is 0 Å². The highest BCUT2D eigenvalue weighted by Gasteiger charge is 2.60. The number of rotatable bonds is 3. The fourth-order valence-corrected chi connectivity index (χ4v) is 8.04. The minimum atomic E-state index is 0.250. The Kier molecular flexibility index (Phi) is 2.96. The molecule has 4 saturated carbocycles. The van der Waals surface area contributed by atoms with Crippen LogP contribution in [0, 0.1) is 29.1 Å². The molecule has 0 aromatic carbocycles. The van der Waals surface area contributed by atoms with Gasteiger partial charge in [0.25, 0.3) is 0 Å². The van der Waals surface area contributed by atoms with Crippen molar-refractivity contribution in [3.05, 3.63) is 21.9 Å². The van der Waals surface area contributed by atoms with Crippen molar-refractivity contribution in [3.63, 3.8) is 0 Å². The van der Waals surface area contributed by atoms with Crippen LogP contribution in [0.5, 0.6) is 0 Å². The maximum Gasteiger partial charge on any atom is 0.0311 e. The highest BCUT2D eigenvalue weighted by molar-refractivity contribution is 7.10. The third-order valence-electron chi connectivity index (χ3n) is 6.69. The molecule has 1 nitrogen and oxygen atoms in total. The van der Waals surface area contributed by atoms with Gasteiger partial charge in [0, 0.05) is 10.9 Å². The van der Waals surface area contributed by atoms with Gasteiger partial charge < -0.3 is 5.73 Å². The molecule has 0 radical (unpaired) electrons. The van der Waals surface area contributed by atoms with Crippen LogP contribution in [0.1, 0.15) is 75.3 Å². The standard InChI is InChI=1S/C19H29NS/c1-13-15(4-5-21-13)16(20)9-19-8-14-6-17(2,11-19)10-18(3,7-14)12-19/h4-5,14,16H,6-12,20H2,1-3H3. The zero-order valence-electron chi connectivity index (χ0n) is 13.7. The van der Waals surface area contributed by atoms with E-state index in [0.717, 1.165) is 5.92 Å². The number of hydrogen-bond donors (Lipinski definition) is 1. The molecule has 4 bridgehead atoms. The van der Waals surface area contributed by atoms with E-state index in [0.29, 0.717) is 16.2 Å². The molecule has 1 aromatic rings. The lowest BCUT2D eigenvalue weighted by Gasteiger charge is -2.66. The fourth-order valence-electron chi connectivity index (χ4n) is 7.27. The lowest BCUT2D eigenvalue weighted by Crippen LogP contribution is -2.55. The Hall–Kier alpha value is -0.340. The summed E-state index contributed by atoms with van der Waals surface area (Å²) < 4.78 is 0. The third kappa shape index (κ3) is 2.30. The first-order valence-electron chi connectivity index (χ1n) is 8.60. The van der Waals surface area contributed by atoms with Crippen LogP contribution in [0.25, 0.3) is 0 Å². The molecule has 0 spiro atoms. The maximum absolute atomic E-state index is 6.65. The van der Waals surface area contributed by atoms with Crippen LogP contribution < -0.4 is 5.73 Å². The fraction of sp³-hybridized carbons (Fsp3) is 0.789. The quantitative estimate of drug-likeness (QED) is 0.790. The lowest BCUT2D eigenvalue weighted by atomic mass is 9.39. The summed E-state index contributed by atoms with van der Waals surface area (Å²) in [6, 6.07) is 2.51. The van der Waals surface area contributed by atoms with Crippen molar-refractivity contribution in [3.8, 4) is 0 Å². The van der Waals surface area contributed by atoms with E-state index >= 15 is 0 Å². The average Bonchev–Trinajstić information content (AvgIpc) is 2.69. The average molecular weight is 304 g/mol. The van der Waals surface area contributed by atoms with Crippen molar-refractivity contribution in [2.75, 3.05) is 0 Å². The van der Waals surface area contributed by atoms with E-state index in [1.807, 2.05) is 11.3 Å². The van der Waals surface area contributed by atoms with Gasteiger partial charge in [-0.1, -0.05) is 13.8 Å². The molecule has 1 heterocycles. The van der Waals surface area contributed by atoms with E-state index in [9.17, 15) is 0 Å². The molecular weight excluding hydrogens is 274 g/mol. The second-order valence-electron chi connectivity index (χ2n) is 9.37. The summed E-state index contributed by atoms with van der Waals surface area (Å²) >= 11 is 1.84. The van der Waals surface area contributed by atoms with Gasteiger partial charge in [-0.15, -0.1) is 11.3 Å². The second-order valence-corrected chi connectivity index (χ2v) is 10.5. The predicted octanol–water partition coefficient (Wildman–Crippen LogP) is 5.44. The minimum Gasteiger partial charge on any atom is -0.324 e. The smallest absolute Gasteiger partial charge is 0.0311 e. The predicted molar refractivity (Wildman–Crippen MR) is 90.4 cm³/mol. The number of thiophene rings is 1. The summed E-state index contributed by atoms with van der Waals surface area (Å²) in [5.74, 6) is 0.979. The summed E-state index contributed by atoms with van der Waals surface area (Å²) in [5.41, 5.74) is 9.82. The number of aryl methyl sites for hydroxylation is 1. The molecule has 2 heteroatoms. The molecule has 2 N–H and O–H groups in total. The number of hydrogen-bond acceptors (Lipinski definition) is 2. The van der Waals surface area contributed by atoms with E-state index in [-0.39, 0.29) is 6.04 Å². The summed E-state index contributed by atoms with van der Waals surface area (Å²) in [6.07, 6.45) is 9.96.